The number of carbonyl (C=O) groups is 1. The first kappa shape index (κ1) is 19.8. The molecule has 0 fully saturated rings. The number of halogens is 3. The molecule has 0 unspecified atom stereocenters. The molecule has 26 heavy (non-hydrogen) atoms. The summed E-state index contributed by atoms with van der Waals surface area (Å²) in [4.78, 5) is 12.1. The Labute approximate surface area is 151 Å². The third-order valence-electron chi connectivity index (χ3n) is 3.85. The summed E-state index contributed by atoms with van der Waals surface area (Å²) >= 11 is 0. The monoisotopic (exact) mass is 365 g/mol. The topological polar surface area (TPSA) is 38.3 Å². The lowest BCUT2D eigenvalue weighted by molar-refractivity contribution is -0.137. The van der Waals surface area contributed by atoms with Gasteiger partial charge in [-0.3, -0.25) is 4.79 Å². The van der Waals surface area contributed by atoms with E-state index in [9.17, 15) is 18.0 Å². The summed E-state index contributed by atoms with van der Waals surface area (Å²) in [5.41, 5.74) is -0.0723. The van der Waals surface area contributed by atoms with Crippen molar-refractivity contribution in [2.45, 2.75) is 38.8 Å². The number of carbonyl (C=O) groups excluding carboxylic acids is 1. The molecule has 0 atom stereocenters. The molecule has 0 heterocycles. The number of unbranched alkanes of at least 4 members (excludes halogenated alkanes) is 3. The molecule has 1 amide bonds. The van der Waals surface area contributed by atoms with Crippen LogP contribution in [0, 0.1) is 0 Å². The van der Waals surface area contributed by atoms with Gasteiger partial charge in [0.2, 0.25) is 0 Å². The molecule has 1 N–H and O–H groups in total. The van der Waals surface area contributed by atoms with Crippen LogP contribution in [-0.2, 0) is 6.18 Å². The van der Waals surface area contributed by atoms with Crippen molar-refractivity contribution in [2.75, 3.05) is 11.9 Å². The molecule has 2 aromatic rings. The summed E-state index contributed by atoms with van der Waals surface area (Å²) in [5, 5.41) is 2.65. The second kappa shape index (κ2) is 9.27. The highest BCUT2D eigenvalue weighted by Crippen LogP contribution is 2.29. The number of hydrogen-bond donors (Lipinski definition) is 1. The predicted octanol–water partition coefficient (Wildman–Crippen LogP) is 5.92. The Morgan fingerprint density at radius 3 is 2.19 bits per heavy atom. The van der Waals surface area contributed by atoms with Crippen LogP contribution in [-0.4, -0.2) is 12.5 Å². The van der Waals surface area contributed by atoms with Crippen LogP contribution in [0.5, 0.6) is 5.75 Å². The minimum absolute atomic E-state index is 0.161. The Balaban J connectivity index is 1.87. The molecule has 0 spiro atoms. The Bertz CT molecular complexity index is 694. The van der Waals surface area contributed by atoms with E-state index in [1.165, 1.54) is 12.8 Å². The van der Waals surface area contributed by atoms with Crippen molar-refractivity contribution in [1.29, 1.82) is 0 Å². The van der Waals surface area contributed by atoms with Crippen LogP contribution in [0.4, 0.5) is 18.9 Å². The third kappa shape index (κ3) is 6.10. The quantitative estimate of drug-likeness (QED) is 0.590. The second-order valence-electron chi connectivity index (χ2n) is 5.96. The lowest BCUT2D eigenvalue weighted by Crippen LogP contribution is -2.12. The van der Waals surface area contributed by atoms with Crippen LogP contribution in [0.25, 0.3) is 0 Å². The zero-order chi connectivity index (χ0) is 19.0. The number of anilines is 1. The molecule has 0 aliphatic heterocycles. The Kier molecular flexibility index (Phi) is 7.06. The van der Waals surface area contributed by atoms with E-state index >= 15 is 0 Å². The minimum atomic E-state index is -4.42. The molecule has 0 aliphatic carbocycles. The number of nitrogens with one attached hydrogen (secondary N) is 1. The first-order valence-electron chi connectivity index (χ1n) is 8.61. The summed E-state index contributed by atoms with van der Waals surface area (Å²) in [7, 11) is 0. The largest absolute Gasteiger partial charge is 0.494 e. The lowest BCUT2D eigenvalue weighted by Gasteiger charge is -2.09. The minimum Gasteiger partial charge on any atom is -0.494 e. The molecule has 0 radical (unpaired) electrons. The van der Waals surface area contributed by atoms with Gasteiger partial charge in [-0.1, -0.05) is 26.2 Å². The molecule has 0 aromatic heterocycles. The van der Waals surface area contributed by atoms with E-state index in [1.807, 2.05) is 0 Å². The zero-order valence-electron chi connectivity index (χ0n) is 14.6. The number of ether oxygens (including phenoxy) is 1. The first-order chi connectivity index (χ1) is 12.4. The van der Waals surface area contributed by atoms with Gasteiger partial charge in [0.25, 0.3) is 5.91 Å². The Hall–Kier alpha value is -2.50. The average molecular weight is 365 g/mol. The van der Waals surface area contributed by atoms with Gasteiger partial charge < -0.3 is 10.1 Å². The summed E-state index contributed by atoms with van der Waals surface area (Å²) in [6.45, 7) is 2.80. The molecule has 140 valence electrons. The number of amides is 1. The van der Waals surface area contributed by atoms with Gasteiger partial charge in [0.1, 0.15) is 5.75 Å². The summed E-state index contributed by atoms with van der Waals surface area (Å²) < 4.78 is 43.3. The van der Waals surface area contributed by atoms with Crippen molar-refractivity contribution < 1.29 is 22.7 Å². The number of hydrogen-bond acceptors (Lipinski definition) is 2. The summed E-state index contributed by atoms with van der Waals surface area (Å²) in [6.07, 6.45) is 0.0883. The average Bonchev–Trinajstić information content (AvgIpc) is 2.62. The Morgan fingerprint density at radius 1 is 0.962 bits per heavy atom. The molecule has 2 aromatic carbocycles. The van der Waals surface area contributed by atoms with Crippen molar-refractivity contribution in [2.24, 2.45) is 0 Å². The highest BCUT2D eigenvalue weighted by Gasteiger charge is 2.30. The van der Waals surface area contributed by atoms with Gasteiger partial charge in [-0.25, -0.2) is 0 Å². The molecule has 0 saturated carbocycles. The van der Waals surface area contributed by atoms with Crippen LogP contribution >= 0.6 is 0 Å². The predicted molar refractivity (Wildman–Crippen MR) is 95.5 cm³/mol. The molecule has 0 bridgehead atoms. The normalized spacial score (nSPS) is 11.2. The van der Waals surface area contributed by atoms with Crippen LogP contribution < -0.4 is 10.1 Å². The lowest BCUT2D eigenvalue weighted by atomic mass is 10.1. The Morgan fingerprint density at radius 2 is 1.62 bits per heavy atom. The highest BCUT2D eigenvalue weighted by atomic mass is 19.4. The van der Waals surface area contributed by atoms with E-state index in [0.717, 1.165) is 37.1 Å². The maximum absolute atomic E-state index is 12.5. The third-order valence-corrected chi connectivity index (χ3v) is 3.85. The molecule has 0 saturated heterocycles. The SMILES string of the molecule is CCCCCCOc1ccc(NC(=O)c2ccc(C(F)(F)F)cc2)cc1. The van der Waals surface area contributed by atoms with Crippen molar-refractivity contribution in [3.05, 3.63) is 59.7 Å². The van der Waals surface area contributed by atoms with Crippen LogP contribution in [0.2, 0.25) is 0 Å². The van der Waals surface area contributed by atoms with Gasteiger partial charge in [-0.15, -0.1) is 0 Å². The van der Waals surface area contributed by atoms with Gasteiger partial charge in [-0.05, 0) is 55.0 Å². The fourth-order valence-electron chi connectivity index (χ4n) is 2.37. The molecule has 6 heteroatoms. The first-order valence-corrected chi connectivity index (χ1v) is 8.61. The highest BCUT2D eigenvalue weighted by molar-refractivity contribution is 6.04. The van der Waals surface area contributed by atoms with Crippen molar-refractivity contribution in [1.82, 2.24) is 0 Å². The maximum atomic E-state index is 12.5. The van der Waals surface area contributed by atoms with E-state index in [0.29, 0.717) is 18.0 Å². The molecular weight excluding hydrogens is 343 g/mol. The number of alkyl halides is 3. The van der Waals surface area contributed by atoms with Crippen LogP contribution in [0.15, 0.2) is 48.5 Å². The van der Waals surface area contributed by atoms with E-state index < -0.39 is 17.6 Å². The molecule has 3 nitrogen and oxygen atoms in total. The molecular formula is C20H22F3NO2. The van der Waals surface area contributed by atoms with Gasteiger partial charge in [-0.2, -0.15) is 13.2 Å². The van der Waals surface area contributed by atoms with E-state index in [1.54, 1.807) is 24.3 Å². The maximum Gasteiger partial charge on any atom is 0.416 e. The van der Waals surface area contributed by atoms with Crippen molar-refractivity contribution in [3.63, 3.8) is 0 Å². The number of benzene rings is 2. The fourth-order valence-corrected chi connectivity index (χ4v) is 2.37. The van der Waals surface area contributed by atoms with Crippen LogP contribution in [0.1, 0.15) is 48.5 Å². The summed E-state index contributed by atoms with van der Waals surface area (Å²) in [6, 6.07) is 11.0. The van der Waals surface area contributed by atoms with Crippen molar-refractivity contribution >= 4 is 11.6 Å². The van der Waals surface area contributed by atoms with E-state index in [4.69, 9.17) is 4.74 Å². The van der Waals surface area contributed by atoms with Gasteiger partial charge in [0.15, 0.2) is 0 Å². The van der Waals surface area contributed by atoms with E-state index in [2.05, 4.69) is 12.2 Å². The standard InChI is InChI=1S/C20H22F3NO2/c1-2-3-4-5-14-26-18-12-10-17(11-13-18)24-19(25)15-6-8-16(9-7-15)20(21,22)23/h6-13H,2-5,14H2,1H3,(H,24,25). The van der Waals surface area contributed by atoms with Gasteiger partial charge in [0, 0.05) is 11.3 Å². The smallest absolute Gasteiger partial charge is 0.416 e. The van der Waals surface area contributed by atoms with Gasteiger partial charge >= 0.3 is 6.18 Å². The van der Waals surface area contributed by atoms with Crippen LogP contribution in [0.3, 0.4) is 0 Å². The molecule has 0 aliphatic rings. The van der Waals surface area contributed by atoms with Gasteiger partial charge in [0.05, 0.1) is 12.2 Å². The second-order valence-corrected chi connectivity index (χ2v) is 5.96. The zero-order valence-corrected chi connectivity index (χ0v) is 14.6. The van der Waals surface area contributed by atoms with Crippen molar-refractivity contribution in [3.8, 4) is 5.75 Å². The van der Waals surface area contributed by atoms with E-state index in [-0.39, 0.29) is 5.56 Å². The summed E-state index contributed by atoms with van der Waals surface area (Å²) in [5.74, 6) is 0.251. The molecule has 2 rings (SSSR count). The fraction of sp³-hybridized carbons (Fsp3) is 0.350. The number of rotatable bonds is 8.